The fraction of sp³-hybridized carbons (Fsp3) is 0.579. The average molecular weight is 400 g/mol. The van der Waals surface area contributed by atoms with Crippen LogP contribution in [0.2, 0.25) is 0 Å². The van der Waals surface area contributed by atoms with Gasteiger partial charge in [-0.2, -0.15) is 0 Å². The molecule has 2 fully saturated rings. The predicted octanol–water partition coefficient (Wildman–Crippen LogP) is 4.60. The van der Waals surface area contributed by atoms with Gasteiger partial charge in [0.1, 0.15) is 12.0 Å². The summed E-state index contributed by atoms with van der Waals surface area (Å²) in [6.07, 6.45) is 5.99. The number of carbonyl (C=O) groups is 1. The molecule has 1 aliphatic carbocycles. The van der Waals surface area contributed by atoms with Crippen molar-refractivity contribution in [1.29, 1.82) is 0 Å². The summed E-state index contributed by atoms with van der Waals surface area (Å²) >= 11 is 1.69. The second kappa shape index (κ2) is 9.09. The summed E-state index contributed by atoms with van der Waals surface area (Å²) in [5.41, 5.74) is 1.19. The number of amidine groups is 1. The van der Waals surface area contributed by atoms with Crippen molar-refractivity contribution in [1.82, 2.24) is 4.90 Å². The molecule has 1 saturated carbocycles. The Morgan fingerprint density at radius 3 is 2.62 bits per heavy atom. The van der Waals surface area contributed by atoms with Gasteiger partial charge in [-0.1, -0.05) is 37.1 Å². The largest absolute Gasteiger partial charge is 0.333 e. The molecule has 0 aromatic heterocycles. The van der Waals surface area contributed by atoms with Crippen LogP contribution in [0.4, 0.5) is 10.1 Å². The van der Waals surface area contributed by atoms with E-state index in [1.807, 2.05) is 13.1 Å². The lowest BCUT2D eigenvalue weighted by atomic mass is 9.96. The van der Waals surface area contributed by atoms with Crippen LogP contribution in [0.3, 0.4) is 0 Å². The number of benzene rings is 1. The van der Waals surface area contributed by atoms with Crippen LogP contribution in [0.15, 0.2) is 23.2 Å². The average Bonchev–Trinajstić information content (AvgIpc) is 2.93. The van der Waals surface area contributed by atoms with Gasteiger partial charge in [-0.05, 0) is 37.5 Å². The van der Waals surface area contributed by atoms with Gasteiger partial charge in [-0.15, -0.1) is 12.4 Å². The van der Waals surface area contributed by atoms with E-state index in [-0.39, 0.29) is 30.3 Å². The molecule has 1 unspecified atom stereocenters. The van der Waals surface area contributed by atoms with Crippen molar-refractivity contribution in [2.45, 2.75) is 58.2 Å². The number of nitrogens with zero attached hydrogens (tertiary/aromatic N) is 3. The van der Waals surface area contributed by atoms with E-state index >= 15 is 0 Å². The van der Waals surface area contributed by atoms with Gasteiger partial charge in [0, 0.05) is 25.4 Å². The number of aryl methyl sites for hydroxylation is 1. The Bertz CT molecular complexity index is 679. The fourth-order valence-corrected chi connectivity index (χ4v) is 4.75. The van der Waals surface area contributed by atoms with E-state index in [2.05, 4.69) is 4.90 Å². The SMILES string of the molecule is CC(=O)N(c1ccc(C)c(F)c1)C1CSC(=NC2CCCCC2)N1C.Cl. The molecule has 26 heavy (non-hydrogen) atoms. The number of anilines is 1. The second-order valence-electron chi connectivity index (χ2n) is 6.93. The lowest BCUT2D eigenvalue weighted by molar-refractivity contribution is -0.117. The third kappa shape index (κ3) is 4.52. The lowest BCUT2D eigenvalue weighted by Gasteiger charge is -2.33. The highest BCUT2D eigenvalue weighted by Gasteiger charge is 2.35. The van der Waals surface area contributed by atoms with Crippen molar-refractivity contribution >= 4 is 40.9 Å². The van der Waals surface area contributed by atoms with E-state index in [1.165, 1.54) is 32.3 Å². The number of amides is 1. The number of halogens is 2. The van der Waals surface area contributed by atoms with E-state index in [0.717, 1.165) is 23.8 Å². The Hall–Kier alpha value is -1.27. The molecule has 1 saturated heterocycles. The van der Waals surface area contributed by atoms with Crippen molar-refractivity contribution in [2.24, 2.45) is 4.99 Å². The standard InChI is InChI=1S/C19H26FN3OS.ClH/c1-13-9-10-16(11-17(13)20)23(14(2)24)18-12-25-19(22(18)3)21-15-7-5-4-6-8-15;/h9-11,15,18H,4-8,12H2,1-3H3;1H. The van der Waals surface area contributed by atoms with Crippen LogP contribution in [-0.2, 0) is 4.79 Å². The summed E-state index contributed by atoms with van der Waals surface area (Å²) in [5.74, 6) is 0.379. The van der Waals surface area contributed by atoms with Crippen molar-refractivity contribution in [3.05, 3.63) is 29.6 Å². The first kappa shape index (κ1) is 21.0. The number of hydrogen-bond donors (Lipinski definition) is 0. The van der Waals surface area contributed by atoms with Gasteiger partial charge in [0.15, 0.2) is 5.17 Å². The summed E-state index contributed by atoms with van der Waals surface area (Å²) in [6, 6.07) is 5.39. The molecular weight excluding hydrogens is 373 g/mol. The highest BCUT2D eigenvalue weighted by molar-refractivity contribution is 8.14. The molecule has 4 nitrogen and oxygen atoms in total. The van der Waals surface area contributed by atoms with Crippen LogP contribution < -0.4 is 4.90 Å². The molecule has 144 valence electrons. The summed E-state index contributed by atoms with van der Waals surface area (Å²) in [5, 5.41) is 0.996. The highest BCUT2D eigenvalue weighted by Crippen LogP contribution is 2.31. The van der Waals surface area contributed by atoms with Crippen LogP contribution in [0.5, 0.6) is 0 Å². The third-order valence-electron chi connectivity index (χ3n) is 5.05. The van der Waals surface area contributed by atoms with Crippen LogP contribution in [0, 0.1) is 12.7 Å². The normalized spacial score (nSPS) is 22.4. The first-order valence-corrected chi connectivity index (χ1v) is 9.95. The van der Waals surface area contributed by atoms with E-state index in [9.17, 15) is 9.18 Å². The zero-order valence-corrected chi connectivity index (χ0v) is 17.2. The maximum absolute atomic E-state index is 14.0. The Labute approximate surface area is 165 Å². The van der Waals surface area contributed by atoms with Crippen molar-refractivity contribution in [3.63, 3.8) is 0 Å². The lowest BCUT2D eigenvalue weighted by Crippen LogP contribution is -2.48. The zero-order valence-electron chi connectivity index (χ0n) is 15.6. The summed E-state index contributed by atoms with van der Waals surface area (Å²) < 4.78 is 14.0. The van der Waals surface area contributed by atoms with Crippen LogP contribution in [0.25, 0.3) is 0 Å². The van der Waals surface area contributed by atoms with E-state index in [4.69, 9.17) is 4.99 Å². The number of thioether (sulfide) groups is 1. The smallest absolute Gasteiger partial charge is 0.225 e. The number of aliphatic imine (C=N–C) groups is 1. The van der Waals surface area contributed by atoms with E-state index in [1.54, 1.807) is 29.7 Å². The van der Waals surface area contributed by atoms with Crippen LogP contribution in [-0.4, -0.2) is 41.0 Å². The van der Waals surface area contributed by atoms with Gasteiger partial charge in [0.25, 0.3) is 0 Å². The maximum atomic E-state index is 14.0. The molecule has 0 radical (unpaired) electrons. The molecule has 1 atom stereocenters. The Morgan fingerprint density at radius 1 is 1.31 bits per heavy atom. The monoisotopic (exact) mass is 399 g/mol. The quantitative estimate of drug-likeness (QED) is 0.745. The van der Waals surface area contributed by atoms with Gasteiger partial charge in [0.2, 0.25) is 5.91 Å². The topological polar surface area (TPSA) is 35.9 Å². The number of rotatable bonds is 3. The second-order valence-corrected chi connectivity index (χ2v) is 7.92. The van der Waals surface area contributed by atoms with Crippen molar-refractivity contribution < 1.29 is 9.18 Å². The van der Waals surface area contributed by atoms with Crippen LogP contribution in [0.1, 0.15) is 44.6 Å². The Morgan fingerprint density at radius 2 is 2.00 bits per heavy atom. The molecule has 7 heteroatoms. The maximum Gasteiger partial charge on any atom is 0.225 e. The first-order valence-electron chi connectivity index (χ1n) is 8.96. The van der Waals surface area contributed by atoms with Gasteiger partial charge in [0.05, 0.1) is 6.04 Å². The molecule has 0 bridgehead atoms. The number of carbonyl (C=O) groups excluding carboxylic acids is 1. The summed E-state index contributed by atoms with van der Waals surface area (Å²) in [6.45, 7) is 3.26. The molecule has 1 aromatic rings. The minimum absolute atomic E-state index is 0. The van der Waals surface area contributed by atoms with Crippen molar-refractivity contribution in [3.8, 4) is 0 Å². The molecule has 0 spiro atoms. The van der Waals surface area contributed by atoms with Gasteiger partial charge in [-0.3, -0.25) is 14.7 Å². The first-order chi connectivity index (χ1) is 12.0. The molecule has 0 N–H and O–H groups in total. The predicted molar refractivity (Wildman–Crippen MR) is 110 cm³/mol. The van der Waals surface area contributed by atoms with E-state index < -0.39 is 0 Å². The molecule has 2 aliphatic rings. The van der Waals surface area contributed by atoms with E-state index in [0.29, 0.717) is 17.3 Å². The molecule has 3 rings (SSSR count). The molecule has 1 aromatic carbocycles. The highest BCUT2D eigenvalue weighted by atomic mass is 35.5. The Balaban J connectivity index is 0.00000243. The molecule has 1 amide bonds. The minimum atomic E-state index is -0.284. The molecule has 1 aliphatic heterocycles. The number of hydrogen-bond acceptors (Lipinski definition) is 3. The third-order valence-corrected chi connectivity index (χ3v) is 6.17. The molecular formula is C19H27ClFN3OS. The summed E-state index contributed by atoms with van der Waals surface area (Å²) in [4.78, 5) is 21.0. The van der Waals surface area contributed by atoms with Gasteiger partial charge >= 0.3 is 0 Å². The van der Waals surface area contributed by atoms with Crippen molar-refractivity contribution in [2.75, 3.05) is 17.7 Å². The fourth-order valence-electron chi connectivity index (χ4n) is 3.53. The Kier molecular flexibility index (Phi) is 7.35. The van der Waals surface area contributed by atoms with Gasteiger partial charge < -0.3 is 4.90 Å². The van der Waals surface area contributed by atoms with Crippen LogP contribution >= 0.6 is 24.2 Å². The zero-order chi connectivity index (χ0) is 18.0. The summed E-state index contributed by atoms with van der Waals surface area (Å²) in [7, 11) is 1.98. The minimum Gasteiger partial charge on any atom is -0.333 e. The molecule has 1 heterocycles. The van der Waals surface area contributed by atoms with Gasteiger partial charge in [-0.25, -0.2) is 4.39 Å².